The van der Waals surface area contributed by atoms with E-state index in [2.05, 4.69) is 59.9 Å². The molecule has 8 heterocycles. The standard InChI is InChI=1S/C30H36N14O/c1-2-22-12-33-44(14-22)30(7-8-31)20-40(21-30)27-4-3-9-42-28(27)35-29(37-42)34-23-13-32-41(15-23)16-24-17-43(38-36-24)25-5-10-39(11-6-25)26-18-45-19-26/h3-4,9,12-15,17,25-26H,2,5-7,10-11,16,18-21H2,1H3,(H,34,37). The van der Waals surface area contributed by atoms with Crippen molar-refractivity contribution in [1.29, 1.82) is 5.26 Å². The van der Waals surface area contributed by atoms with Crippen molar-refractivity contribution in [3.63, 3.8) is 0 Å². The molecule has 8 rings (SSSR count). The predicted molar refractivity (Wildman–Crippen MR) is 164 cm³/mol. The molecule has 0 amide bonds. The number of nitriles is 1. The van der Waals surface area contributed by atoms with Crippen molar-refractivity contribution >= 4 is 23.0 Å². The molecule has 15 heteroatoms. The maximum atomic E-state index is 9.57. The van der Waals surface area contributed by atoms with Crippen LogP contribution in [0.2, 0.25) is 0 Å². The summed E-state index contributed by atoms with van der Waals surface area (Å²) in [5.74, 6) is 0.483. The van der Waals surface area contributed by atoms with Crippen LogP contribution in [-0.4, -0.2) is 99.5 Å². The van der Waals surface area contributed by atoms with Gasteiger partial charge in [0.1, 0.15) is 11.2 Å². The van der Waals surface area contributed by atoms with Gasteiger partial charge in [0.15, 0.2) is 5.65 Å². The fraction of sp³-hybridized carbons (Fsp3) is 0.500. The number of fused-ring (bicyclic) bond motifs is 1. The van der Waals surface area contributed by atoms with Crippen LogP contribution < -0.4 is 10.2 Å². The molecule has 0 aliphatic carbocycles. The van der Waals surface area contributed by atoms with Crippen LogP contribution in [0.25, 0.3) is 5.65 Å². The highest BCUT2D eigenvalue weighted by molar-refractivity contribution is 5.72. The van der Waals surface area contributed by atoms with Gasteiger partial charge < -0.3 is 15.0 Å². The van der Waals surface area contributed by atoms with E-state index in [0.29, 0.717) is 44.1 Å². The van der Waals surface area contributed by atoms with Gasteiger partial charge in [-0.1, -0.05) is 12.1 Å². The number of piperidine rings is 1. The van der Waals surface area contributed by atoms with Crippen molar-refractivity contribution in [2.75, 3.05) is 49.6 Å². The lowest BCUT2D eigenvalue weighted by atomic mass is 9.86. The van der Waals surface area contributed by atoms with E-state index in [0.717, 1.165) is 68.3 Å². The van der Waals surface area contributed by atoms with Crippen LogP contribution in [0.15, 0.2) is 49.3 Å². The Kier molecular flexibility index (Phi) is 6.95. The number of pyridine rings is 1. The molecule has 45 heavy (non-hydrogen) atoms. The summed E-state index contributed by atoms with van der Waals surface area (Å²) in [7, 11) is 0. The minimum Gasteiger partial charge on any atom is -0.378 e. The van der Waals surface area contributed by atoms with E-state index in [1.54, 1.807) is 10.7 Å². The lowest BCUT2D eigenvalue weighted by Gasteiger charge is -2.50. The molecule has 5 aromatic rings. The monoisotopic (exact) mass is 608 g/mol. The Morgan fingerprint density at radius 1 is 1.09 bits per heavy atom. The van der Waals surface area contributed by atoms with Gasteiger partial charge >= 0.3 is 0 Å². The lowest BCUT2D eigenvalue weighted by Crippen LogP contribution is -2.63. The minimum atomic E-state index is -0.348. The van der Waals surface area contributed by atoms with Gasteiger partial charge in [-0.05, 0) is 37.0 Å². The Labute approximate surface area is 260 Å². The summed E-state index contributed by atoms with van der Waals surface area (Å²) in [6.07, 6.45) is 15.0. The van der Waals surface area contributed by atoms with Gasteiger partial charge in [0.2, 0.25) is 5.95 Å². The van der Waals surface area contributed by atoms with Crippen molar-refractivity contribution in [3.05, 3.63) is 60.6 Å². The third-order valence-electron chi connectivity index (χ3n) is 9.37. The average Bonchev–Trinajstić information content (AvgIpc) is 3.82. The zero-order valence-electron chi connectivity index (χ0n) is 25.3. The quantitative estimate of drug-likeness (QED) is 0.249. The van der Waals surface area contributed by atoms with Crippen molar-refractivity contribution in [2.45, 2.75) is 56.8 Å². The SMILES string of the molecule is CCc1cnn(C2(CC#N)CN(c3cccn4nc(Nc5cnn(Cc6cn(C7CCN(C8COC8)CC7)nn6)c5)nc34)C2)c1. The molecule has 0 saturated carbocycles. The Balaban J connectivity index is 0.911. The molecule has 0 spiro atoms. The fourth-order valence-electron chi connectivity index (χ4n) is 6.64. The van der Waals surface area contributed by atoms with Crippen LogP contribution >= 0.6 is 0 Å². The number of nitrogens with zero attached hydrogens (tertiary/aromatic N) is 13. The first-order chi connectivity index (χ1) is 22.1. The van der Waals surface area contributed by atoms with Gasteiger partial charge in [0.25, 0.3) is 0 Å². The first-order valence-electron chi connectivity index (χ1n) is 15.6. The second-order valence-electron chi connectivity index (χ2n) is 12.4. The smallest absolute Gasteiger partial charge is 0.247 e. The maximum absolute atomic E-state index is 9.57. The Morgan fingerprint density at radius 3 is 2.71 bits per heavy atom. The molecule has 3 aliphatic rings. The van der Waals surface area contributed by atoms with Crippen molar-refractivity contribution in [3.8, 4) is 6.07 Å². The average molecular weight is 609 g/mol. The largest absolute Gasteiger partial charge is 0.378 e. The third kappa shape index (κ3) is 5.19. The topological polar surface area (TPSA) is 148 Å². The number of aromatic nitrogens is 10. The molecule has 3 saturated heterocycles. The molecule has 3 fully saturated rings. The summed E-state index contributed by atoms with van der Waals surface area (Å²) < 4.78 is 13.0. The van der Waals surface area contributed by atoms with Crippen LogP contribution in [0.3, 0.4) is 0 Å². The summed E-state index contributed by atoms with van der Waals surface area (Å²) in [6, 6.07) is 7.35. The number of aryl methyl sites for hydroxylation is 1. The Morgan fingerprint density at radius 2 is 1.96 bits per heavy atom. The van der Waals surface area contributed by atoms with Gasteiger partial charge in [0, 0.05) is 44.8 Å². The molecule has 15 nitrogen and oxygen atoms in total. The molecule has 1 N–H and O–H groups in total. The van der Waals surface area contributed by atoms with E-state index in [1.165, 1.54) is 5.56 Å². The molecule has 0 bridgehead atoms. The fourth-order valence-corrected chi connectivity index (χ4v) is 6.64. The molecule has 0 aromatic carbocycles. The summed E-state index contributed by atoms with van der Waals surface area (Å²) >= 11 is 0. The second-order valence-corrected chi connectivity index (χ2v) is 12.4. The highest BCUT2D eigenvalue weighted by Gasteiger charge is 2.46. The molecule has 0 unspecified atom stereocenters. The summed E-state index contributed by atoms with van der Waals surface area (Å²) in [6.45, 7) is 7.86. The van der Waals surface area contributed by atoms with Crippen LogP contribution in [0, 0.1) is 11.3 Å². The molecular weight excluding hydrogens is 572 g/mol. The van der Waals surface area contributed by atoms with Crippen molar-refractivity contribution in [2.24, 2.45) is 0 Å². The first-order valence-corrected chi connectivity index (χ1v) is 15.6. The van der Waals surface area contributed by atoms with E-state index in [9.17, 15) is 5.26 Å². The van der Waals surface area contributed by atoms with Crippen LogP contribution in [0.5, 0.6) is 0 Å². The molecule has 3 aliphatic heterocycles. The number of hydrogen-bond acceptors (Lipinski definition) is 11. The number of likely N-dealkylation sites (tertiary alicyclic amines) is 1. The number of anilines is 3. The van der Waals surface area contributed by atoms with Gasteiger partial charge in [-0.3, -0.25) is 14.3 Å². The highest BCUT2D eigenvalue weighted by atomic mass is 16.5. The summed E-state index contributed by atoms with van der Waals surface area (Å²) in [4.78, 5) is 9.57. The molecule has 5 aromatic heterocycles. The van der Waals surface area contributed by atoms with Gasteiger partial charge in [-0.25, -0.2) is 9.20 Å². The number of rotatable bonds is 10. The van der Waals surface area contributed by atoms with Gasteiger partial charge in [-0.15, -0.1) is 10.2 Å². The van der Waals surface area contributed by atoms with Crippen molar-refractivity contribution in [1.82, 2.24) is 54.1 Å². The molecule has 0 radical (unpaired) electrons. The molecule has 0 atom stereocenters. The number of ether oxygens (including phenoxy) is 1. The van der Waals surface area contributed by atoms with E-state index >= 15 is 0 Å². The Hall–Kier alpha value is -4.81. The highest BCUT2D eigenvalue weighted by Crippen LogP contribution is 2.37. The van der Waals surface area contributed by atoms with E-state index in [4.69, 9.17) is 9.72 Å². The summed E-state index contributed by atoms with van der Waals surface area (Å²) in [5.41, 5.74) is 4.20. The van der Waals surface area contributed by atoms with Crippen LogP contribution in [-0.2, 0) is 23.2 Å². The number of hydrogen-bond donors (Lipinski definition) is 1. The van der Waals surface area contributed by atoms with Crippen molar-refractivity contribution < 1.29 is 4.74 Å². The Bertz CT molecular complexity index is 1830. The first kappa shape index (κ1) is 27.7. The predicted octanol–water partition coefficient (Wildman–Crippen LogP) is 2.23. The molecule has 232 valence electrons. The zero-order valence-corrected chi connectivity index (χ0v) is 25.3. The third-order valence-corrected chi connectivity index (χ3v) is 9.37. The van der Waals surface area contributed by atoms with Crippen LogP contribution in [0.4, 0.5) is 17.3 Å². The number of nitrogens with one attached hydrogen (secondary N) is 1. The van der Waals surface area contributed by atoms with E-state index in [-0.39, 0.29) is 5.54 Å². The minimum absolute atomic E-state index is 0.348. The lowest BCUT2D eigenvalue weighted by molar-refractivity contribution is -0.0734. The summed E-state index contributed by atoms with van der Waals surface area (Å²) in [5, 5.41) is 35.5. The maximum Gasteiger partial charge on any atom is 0.247 e. The van der Waals surface area contributed by atoms with E-state index < -0.39 is 0 Å². The van der Waals surface area contributed by atoms with Crippen LogP contribution in [0.1, 0.15) is 43.5 Å². The normalized spacial score (nSPS) is 19.0. The molecular formula is C30H36N14O. The second kappa shape index (κ2) is 11.3. The van der Waals surface area contributed by atoms with E-state index in [1.807, 2.05) is 51.0 Å². The zero-order chi connectivity index (χ0) is 30.4. The van der Waals surface area contributed by atoms with Gasteiger partial charge in [-0.2, -0.15) is 20.4 Å². The van der Waals surface area contributed by atoms with Gasteiger partial charge in [0.05, 0.1) is 74.3 Å².